The summed E-state index contributed by atoms with van der Waals surface area (Å²) < 4.78 is 0. The molecule has 1 N–H and O–H groups in total. The highest BCUT2D eigenvalue weighted by molar-refractivity contribution is 6.17. The Morgan fingerprint density at radius 2 is 1.95 bits per heavy atom. The summed E-state index contributed by atoms with van der Waals surface area (Å²) in [5, 5.41) is 9.77. The molecule has 0 amide bonds. The van der Waals surface area contributed by atoms with Gasteiger partial charge >= 0.3 is 0 Å². The first-order chi connectivity index (χ1) is 10.1. The van der Waals surface area contributed by atoms with Crippen molar-refractivity contribution in [1.82, 2.24) is 4.98 Å². The normalized spacial score (nSPS) is 10.5. The number of rotatable bonds is 2. The highest BCUT2D eigenvalue weighted by Gasteiger charge is 2.16. The molecule has 0 aliphatic heterocycles. The minimum atomic E-state index is 0.00663. The van der Waals surface area contributed by atoms with Crippen molar-refractivity contribution in [3.63, 3.8) is 0 Å². The number of ketones is 1. The van der Waals surface area contributed by atoms with E-state index in [1.54, 1.807) is 18.3 Å². The number of hydrogen-bond donors (Lipinski definition) is 1. The summed E-state index contributed by atoms with van der Waals surface area (Å²) in [5.41, 5.74) is 4.86. The molecule has 3 aromatic rings. The maximum Gasteiger partial charge on any atom is 0.195 e. The lowest BCUT2D eigenvalue weighted by Gasteiger charge is -2.07. The van der Waals surface area contributed by atoms with Crippen molar-refractivity contribution in [3.05, 3.63) is 70.4 Å². The topological polar surface area (TPSA) is 56.6 Å². The third-order valence-corrected chi connectivity index (χ3v) is 3.90. The molecule has 21 heavy (non-hydrogen) atoms. The van der Waals surface area contributed by atoms with Crippen LogP contribution >= 0.6 is 0 Å². The third-order valence-electron chi connectivity index (χ3n) is 3.90. The molecule has 3 nitrogen and oxygen atoms in total. The first-order valence-corrected chi connectivity index (χ1v) is 6.74. The fourth-order valence-electron chi connectivity index (χ4n) is 2.53. The van der Waals surface area contributed by atoms with E-state index < -0.39 is 0 Å². The van der Waals surface area contributed by atoms with Crippen LogP contribution in [0.5, 0.6) is 0 Å². The zero-order chi connectivity index (χ0) is 15.0. The zero-order valence-corrected chi connectivity index (χ0v) is 11.9. The Hall–Kier alpha value is -2.86. The maximum atomic E-state index is 12.8. The summed E-state index contributed by atoms with van der Waals surface area (Å²) in [4.78, 5) is 15.8. The number of benzene rings is 2. The van der Waals surface area contributed by atoms with Crippen molar-refractivity contribution >= 4 is 16.7 Å². The van der Waals surface area contributed by atoms with Gasteiger partial charge in [0.15, 0.2) is 5.78 Å². The lowest BCUT2D eigenvalue weighted by molar-refractivity contribution is 0.103. The Labute approximate surface area is 122 Å². The van der Waals surface area contributed by atoms with Gasteiger partial charge in [0, 0.05) is 28.2 Å². The summed E-state index contributed by atoms with van der Waals surface area (Å²) in [7, 11) is 0. The number of hydrogen-bond acceptors (Lipinski definition) is 2. The SMILES string of the molecule is Cc1cccc(C(=O)c2c[nH]c3cc(C#N)ccc23)c1C. The van der Waals surface area contributed by atoms with Crippen molar-refractivity contribution in [1.29, 1.82) is 5.26 Å². The zero-order valence-electron chi connectivity index (χ0n) is 11.9. The van der Waals surface area contributed by atoms with Crippen LogP contribution in [0.4, 0.5) is 0 Å². The fraction of sp³-hybridized carbons (Fsp3) is 0.111. The second-order valence-electron chi connectivity index (χ2n) is 5.15. The van der Waals surface area contributed by atoms with E-state index in [1.165, 1.54) is 0 Å². The first kappa shape index (κ1) is 13.1. The van der Waals surface area contributed by atoms with Crippen LogP contribution in [0.15, 0.2) is 42.6 Å². The number of aromatic amines is 1. The Kier molecular flexibility index (Phi) is 3.08. The molecule has 0 aliphatic carbocycles. The minimum Gasteiger partial charge on any atom is -0.360 e. The highest BCUT2D eigenvalue weighted by atomic mass is 16.1. The monoisotopic (exact) mass is 274 g/mol. The quantitative estimate of drug-likeness (QED) is 0.721. The number of aromatic nitrogens is 1. The molecule has 1 heterocycles. The Bertz CT molecular complexity index is 897. The molecule has 0 bridgehead atoms. The van der Waals surface area contributed by atoms with Gasteiger partial charge in [-0.2, -0.15) is 5.26 Å². The largest absolute Gasteiger partial charge is 0.360 e. The summed E-state index contributed by atoms with van der Waals surface area (Å²) >= 11 is 0. The van der Waals surface area contributed by atoms with Crippen molar-refractivity contribution in [3.8, 4) is 6.07 Å². The van der Waals surface area contributed by atoms with Crippen LogP contribution in [0.1, 0.15) is 32.6 Å². The van der Waals surface area contributed by atoms with E-state index >= 15 is 0 Å². The van der Waals surface area contributed by atoms with Crippen molar-refractivity contribution in [2.24, 2.45) is 0 Å². The molecule has 102 valence electrons. The molecule has 0 radical (unpaired) electrons. The summed E-state index contributed by atoms with van der Waals surface area (Å²) in [6, 6.07) is 13.2. The summed E-state index contributed by atoms with van der Waals surface area (Å²) in [5.74, 6) is 0.00663. The van der Waals surface area contributed by atoms with Gasteiger partial charge in [0.25, 0.3) is 0 Å². The van der Waals surface area contributed by atoms with Gasteiger partial charge in [-0.15, -0.1) is 0 Å². The van der Waals surface area contributed by atoms with E-state index in [0.29, 0.717) is 11.1 Å². The standard InChI is InChI=1S/C18H14N2O/c1-11-4-3-5-14(12(11)2)18(21)16-10-20-17-8-13(9-19)6-7-15(16)17/h3-8,10,20H,1-2H3. The lowest BCUT2D eigenvalue weighted by Crippen LogP contribution is -2.04. The van der Waals surface area contributed by atoms with Crippen LogP contribution in [-0.2, 0) is 0 Å². The highest BCUT2D eigenvalue weighted by Crippen LogP contribution is 2.24. The second-order valence-corrected chi connectivity index (χ2v) is 5.15. The minimum absolute atomic E-state index is 0.00663. The molecule has 0 atom stereocenters. The predicted octanol–water partition coefficient (Wildman–Crippen LogP) is 3.89. The van der Waals surface area contributed by atoms with Gasteiger partial charge in [-0.3, -0.25) is 4.79 Å². The van der Waals surface area contributed by atoms with E-state index in [2.05, 4.69) is 11.1 Å². The average Bonchev–Trinajstić information content (AvgIpc) is 2.92. The number of fused-ring (bicyclic) bond motifs is 1. The van der Waals surface area contributed by atoms with Gasteiger partial charge in [-0.05, 0) is 37.1 Å². The molecule has 0 fully saturated rings. The van der Waals surface area contributed by atoms with Crippen LogP contribution in [-0.4, -0.2) is 10.8 Å². The number of carbonyl (C=O) groups is 1. The molecule has 3 heteroatoms. The Morgan fingerprint density at radius 3 is 2.71 bits per heavy atom. The van der Waals surface area contributed by atoms with Crippen molar-refractivity contribution in [2.75, 3.05) is 0 Å². The number of nitriles is 1. The average molecular weight is 274 g/mol. The Morgan fingerprint density at radius 1 is 1.14 bits per heavy atom. The van der Waals surface area contributed by atoms with Crippen molar-refractivity contribution in [2.45, 2.75) is 13.8 Å². The molecule has 0 aliphatic rings. The smallest absolute Gasteiger partial charge is 0.195 e. The van der Waals surface area contributed by atoms with E-state index in [-0.39, 0.29) is 5.78 Å². The van der Waals surface area contributed by atoms with Crippen LogP contribution in [0.25, 0.3) is 10.9 Å². The molecule has 3 rings (SSSR count). The fourth-order valence-corrected chi connectivity index (χ4v) is 2.53. The van der Waals surface area contributed by atoms with E-state index in [4.69, 9.17) is 5.26 Å². The molecule has 1 aromatic heterocycles. The van der Waals surface area contributed by atoms with Gasteiger partial charge in [0.2, 0.25) is 0 Å². The molecular formula is C18H14N2O. The molecule has 0 spiro atoms. The number of nitrogens with one attached hydrogen (secondary N) is 1. The summed E-state index contributed by atoms with van der Waals surface area (Å²) in [6.45, 7) is 3.96. The molecule has 0 unspecified atom stereocenters. The van der Waals surface area contributed by atoms with E-state index in [1.807, 2.05) is 38.1 Å². The van der Waals surface area contributed by atoms with Gasteiger partial charge < -0.3 is 4.98 Å². The van der Waals surface area contributed by atoms with E-state index in [9.17, 15) is 4.79 Å². The van der Waals surface area contributed by atoms with Gasteiger partial charge in [-0.25, -0.2) is 0 Å². The maximum absolute atomic E-state index is 12.8. The Balaban J connectivity index is 2.15. The van der Waals surface area contributed by atoms with Gasteiger partial charge in [-0.1, -0.05) is 24.3 Å². The molecule has 2 aromatic carbocycles. The van der Waals surface area contributed by atoms with Crippen LogP contribution in [0.2, 0.25) is 0 Å². The van der Waals surface area contributed by atoms with Crippen LogP contribution in [0, 0.1) is 25.2 Å². The number of H-pyrrole nitrogens is 1. The van der Waals surface area contributed by atoms with Crippen LogP contribution in [0.3, 0.4) is 0 Å². The van der Waals surface area contributed by atoms with Crippen LogP contribution < -0.4 is 0 Å². The second kappa shape index (κ2) is 4.92. The predicted molar refractivity (Wildman–Crippen MR) is 82.4 cm³/mol. The van der Waals surface area contributed by atoms with E-state index in [0.717, 1.165) is 27.6 Å². The molecule has 0 saturated carbocycles. The number of nitrogens with zero attached hydrogens (tertiary/aromatic N) is 1. The van der Waals surface area contributed by atoms with Gasteiger partial charge in [0.1, 0.15) is 0 Å². The number of aryl methyl sites for hydroxylation is 1. The number of carbonyl (C=O) groups excluding carboxylic acids is 1. The van der Waals surface area contributed by atoms with Gasteiger partial charge in [0.05, 0.1) is 11.6 Å². The molecular weight excluding hydrogens is 260 g/mol. The van der Waals surface area contributed by atoms with Crippen molar-refractivity contribution < 1.29 is 4.79 Å². The third kappa shape index (κ3) is 2.11. The first-order valence-electron chi connectivity index (χ1n) is 6.74. The molecule has 0 saturated heterocycles. The lowest BCUT2D eigenvalue weighted by atomic mass is 9.96. The summed E-state index contributed by atoms with van der Waals surface area (Å²) in [6.07, 6.45) is 1.72.